The number of aromatic nitrogens is 2. The summed E-state index contributed by atoms with van der Waals surface area (Å²) in [6.45, 7) is 0. The maximum Gasteiger partial charge on any atom is 0.226 e. The zero-order valence-corrected chi connectivity index (χ0v) is 11.9. The highest BCUT2D eigenvalue weighted by molar-refractivity contribution is 8.00. The van der Waals surface area contributed by atoms with Gasteiger partial charge in [-0.15, -0.1) is 11.8 Å². The molecule has 0 unspecified atom stereocenters. The topological polar surface area (TPSA) is 64.9 Å². The van der Waals surface area contributed by atoms with E-state index < -0.39 is 0 Å². The van der Waals surface area contributed by atoms with Crippen LogP contribution in [0.15, 0.2) is 45.4 Å². The molecule has 0 saturated carbocycles. The molecule has 20 heavy (non-hydrogen) atoms. The maximum absolute atomic E-state index is 12.8. The Bertz CT molecular complexity index is 708. The van der Waals surface area contributed by atoms with Crippen molar-refractivity contribution in [3.63, 3.8) is 0 Å². The second-order valence-electron chi connectivity index (χ2n) is 3.96. The lowest BCUT2D eigenvalue weighted by atomic mass is 10.2. The molecule has 0 spiro atoms. The van der Waals surface area contributed by atoms with E-state index in [4.69, 9.17) is 10.2 Å². The van der Waals surface area contributed by atoms with Gasteiger partial charge in [0.15, 0.2) is 5.13 Å². The quantitative estimate of drug-likeness (QED) is 0.742. The SMILES string of the molecule is Nc1ncc(SCc2coc(-c3ccc(F)cc3)n2)s1. The number of thioether (sulfide) groups is 1. The fourth-order valence-electron chi connectivity index (χ4n) is 1.58. The van der Waals surface area contributed by atoms with Gasteiger partial charge in [0.25, 0.3) is 0 Å². The van der Waals surface area contributed by atoms with Crippen LogP contribution in [0.5, 0.6) is 0 Å². The van der Waals surface area contributed by atoms with Crippen LogP contribution in [0, 0.1) is 5.82 Å². The zero-order chi connectivity index (χ0) is 13.9. The van der Waals surface area contributed by atoms with Crippen molar-refractivity contribution in [3.05, 3.63) is 48.2 Å². The summed E-state index contributed by atoms with van der Waals surface area (Å²) in [6, 6.07) is 6.05. The molecule has 0 aliphatic heterocycles. The molecule has 0 aliphatic carbocycles. The van der Waals surface area contributed by atoms with Crippen molar-refractivity contribution in [2.24, 2.45) is 0 Å². The molecular formula is C13H10FN3OS2. The van der Waals surface area contributed by atoms with Crippen molar-refractivity contribution in [2.45, 2.75) is 9.96 Å². The Labute approximate surface area is 122 Å². The summed E-state index contributed by atoms with van der Waals surface area (Å²) in [5.41, 5.74) is 7.14. The van der Waals surface area contributed by atoms with E-state index in [0.717, 1.165) is 15.5 Å². The highest BCUT2D eigenvalue weighted by Crippen LogP contribution is 2.29. The number of anilines is 1. The van der Waals surface area contributed by atoms with Crippen LogP contribution in [0.1, 0.15) is 5.69 Å². The van der Waals surface area contributed by atoms with Crippen molar-refractivity contribution in [1.29, 1.82) is 0 Å². The van der Waals surface area contributed by atoms with E-state index in [-0.39, 0.29) is 5.82 Å². The van der Waals surface area contributed by atoms with Crippen molar-refractivity contribution in [3.8, 4) is 11.5 Å². The molecule has 0 saturated heterocycles. The predicted molar refractivity (Wildman–Crippen MR) is 78.0 cm³/mol. The number of nitrogens with two attached hydrogens (primary N) is 1. The van der Waals surface area contributed by atoms with Crippen LogP contribution in [-0.2, 0) is 5.75 Å². The number of hydrogen-bond donors (Lipinski definition) is 1. The monoisotopic (exact) mass is 307 g/mol. The third-order valence-electron chi connectivity index (χ3n) is 2.51. The van der Waals surface area contributed by atoms with Gasteiger partial charge in [-0.25, -0.2) is 14.4 Å². The highest BCUT2D eigenvalue weighted by Gasteiger charge is 2.08. The second-order valence-corrected chi connectivity index (χ2v) is 6.29. The predicted octanol–water partition coefficient (Wildman–Crippen LogP) is 3.81. The Hall–Kier alpha value is -1.86. The van der Waals surface area contributed by atoms with E-state index in [0.29, 0.717) is 16.8 Å². The molecule has 2 N–H and O–H groups in total. The Kier molecular flexibility index (Phi) is 3.70. The van der Waals surface area contributed by atoms with Gasteiger partial charge in [0.2, 0.25) is 5.89 Å². The van der Waals surface area contributed by atoms with Gasteiger partial charge in [0.05, 0.1) is 16.1 Å². The summed E-state index contributed by atoms with van der Waals surface area (Å²) in [7, 11) is 0. The van der Waals surface area contributed by atoms with E-state index in [9.17, 15) is 4.39 Å². The van der Waals surface area contributed by atoms with E-state index in [1.54, 1.807) is 36.4 Å². The minimum atomic E-state index is -0.279. The number of nitrogens with zero attached hydrogens (tertiary/aromatic N) is 2. The smallest absolute Gasteiger partial charge is 0.226 e. The summed E-state index contributed by atoms with van der Waals surface area (Å²) in [4.78, 5) is 8.36. The summed E-state index contributed by atoms with van der Waals surface area (Å²) >= 11 is 3.04. The molecule has 102 valence electrons. The number of benzene rings is 1. The Morgan fingerprint density at radius 3 is 2.80 bits per heavy atom. The molecule has 2 aromatic heterocycles. The highest BCUT2D eigenvalue weighted by atomic mass is 32.2. The number of hydrogen-bond acceptors (Lipinski definition) is 6. The third kappa shape index (κ3) is 3.00. The van der Waals surface area contributed by atoms with Gasteiger partial charge in [-0.2, -0.15) is 0 Å². The van der Waals surface area contributed by atoms with Gasteiger partial charge in [0.1, 0.15) is 12.1 Å². The van der Waals surface area contributed by atoms with Crippen molar-refractivity contribution in [1.82, 2.24) is 9.97 Å². The molecule has 1 aromatic carbocycles. The van der Waals surface area contributed by atoms with Crippen LogP contribution in [-0.4, -0.2) is 9.97 Å². The fraction of sp³-hybridized carbons (Fsp3) is 0.0769. The fourth-order valence-corrected chi connectivity index (χ4v) is 3.22. The summed E-state index contributed by atoms with van der Waals surface area (Å²) < 4.78 is 19.3. The molecule has 3 aromatic rings. The Morgan fingerprint density at radius 1 is 1.30 bits per heavy atom. The molecule has 0 atom stereocenters. The van der Waals surface area contributed by atoms with E-state index in [1.165, 1.54) is 23.5 Å². The lowest BCUT2D eigenvalue weighted by Crippen LogP contribution is -1.82. The molecule has 4 nitrogen and oxygen atoms in total. The third-order valence-corrected chi connectivity index (χ3v) is 4.56. The van der Waals surface area contributed by atoms with Crippen molar-refractivity contribution < 1.29 is 8.81 Å². The first-order valence-electron chi connectivity index (χ1n) is 5.75. The van der Waals surface area contributed by atoms with Crippen molar-refractivity contribution in [2.75, 3.05) is 5.73 Å². The molecule has 0 amide bonds. The number of oxazole rings is 1. The molecule has 7 heteroatoms. The van der Waals surface area contributed by atoms with Crippen LogP contribution in [0.4, 0.5) is 9.52 Å². The largest absolute Gasteiger partial charge is 0.444 e. The first-order valence-corrected chi connectivity index (χ1v) is 7.55. The summed E-state index contributed by atoms with van der Waals surface area (Å²) in [5, 5.41) is 0.555. The molecule has 3 rings (SSSR count). The number of nitrogen functional groups attached to an aromatic ring is 1. The molecule has 0 aliphatic rings. The average Bonchev–Trinajstić information content (AvgIpc) is 3.06. The van der Waals surface area contributed by atoms with Gasteiger partial charge in [-0.3, -0.25) is 0 Å². The normalized spacial score (nSPS) is 10.8. The van der Waals surface area contributed by atoms with E-state index in [1.807, 2.05) is 0 Å². The molecule has 0 bridgehead atoms. The van der Waals surface area contributed by atoms with Crippen LogP contribution >= 0.6 is 23.1 Å². The van der Waals surface area contributed by atoms with Crippen molar-refractivity contribution >= 4 is 28.2 Å². The van der Waals surface area contributed by atoms with Gasteiger partial charge >= 0.3 is 0 Å². The minimum absolute atomic E-state index is 0.279. The minimum Gasteiger partial charge on any atom is -0.444 e. The lowest BCUT2D eigenvalue weighted by Gasteiger charge is -1.94. The Morgan fingerprint density at radius 2 is 2.10 bits per heavy atom. The lowest BCUT2D eigenvalue weighted by molar-refractivity contribution is 0.573. The standard InChI is InChI=1S/C13H10FN3OS2/c14-9-3-1-8(2-4-9)12-17-10(6-18-12)7-19-11-5-16-13(15)20-11/h1-6H,7H2,(H2,15,16). The van der Waals surface area contributed by atoms with Gasteiger partial charge in [-0.1, -0.05) is 11.3 Å². The van der Waals surface area contributed by atoms with Crippen LogP contribution in [0.3, 0.4) is 0 Å². The van der Waals surface area contributed by atoms with Crippen LogP contribution in [0.2, 0.25) is 0 Å². The number of rotatable bonds is 4. The Balaban J connectivity index is 1.69. The van der Waals surface area contributed by atoms with E-state index >= 15 is 0 Å². The van der Waals surface area contributed by atoms with Gasteiger partial charge in [0, 0.05) is 11.3 Å². The first kappa shape index (κ1) is 13.1. The second kappa shape index (κ2) is 5.64. The first-order chi connectivity index (χ1) is 9.70. The van der Waals surface area contributed by atoms with Gasteiger partial charge < -0.3 is 10.2 Å². The summed E-state index contributed by atoms with van der Waals surface area (Å²) in [5.74, 6) is 0.884. The zero-order valence-electron chi connectivity index (χ0n) is 10.2. The van der Waals surface area contributed by atoms with Crippen LogP contribution in [0.25, 0.3) is 11.5 Å². The maximum atomic E-state index is 12.8. The molecular weight excluding hydrogens is 297 g/mol. The molecule has 0 radical (unpaired) electrons. The molecule has 0 fully saturated rings. The number of thiazole rings is 1. The van der Waals surface area contributed by atoms with Gasteiger partial charge in [-0.05, 0) is 24.3 Å². The summed E-state index contributed by atoms with van der Waals surface area (Å²) in [6.07, 6.45) is 3.35. The number of halogens is 1. The van der Waals surface area contributed by atoms with E-state index in [2.05, 4.69) is 9.97 Å². The average molecular weight is 307 g/mol. The molecule has 2 heterocycles. The van der Waals surface area contributed by atoms with Crippen LogP contribution < -0.4 is 5.73 Å².